The van der Waals surface area contributed by atoms with Crippen LogP contribution >= 0.6 is 0 Å². The second kappa shape index (κ2) is 30.7. The normalized spacial score (nSPS) is 11.6. The van der Waals surface area contributed by atoms with Crippen LogP contribution in [0.2, 0.25) is 0 Å². The van der Waals surface area contributed by atoms with E-state index in [9.17, 15) is 0 Å². The number of hydrogen-bond donors (Lipinski definition) is 0. The van der Waals surface area contributed by atoms with Crippen LogP contribution in [0, 0.1) is 0 Å². The molecule has 2 heteroatoms. The Labute approximate surface area is 259 Å². The van der Waals surface area contributed by atoms with Crippen molar-refractivity contribution in [2.75, 3.05) is 0 Å². The summed E-state index contributed by atoms with van der Waals surface area (Å²) < 4.78 is 5.25. The minimum absolute atomic E-state index is 1.23. The zero-order valence-electron chi connectivity index (χ0n) is 28.9. The molecular formula is C39H77N2+. The molecule has 0 spiro atoms. The van der Waals surface area contributed by atoms with Gasteiger partial charge in [0.1, 0.15) is 12.4 Å². The molecule has 1 rings (SSSR count). The van der Waals surface area contributed by atoms with Crippen LogP contribution in [0.5, 0.6) is 0 Å². The predicted molar refractivity (Wildman–Crippen MR) is 184 cm³/mol. The lowest BCUT2D eigenvalue weighted by Gasteiger charge is -2.07. The van der Waals surface area contributed by atoms with Gasteiger partial charge in [-0.05, 0) is 32.1 Å². The molecule has 1 heterocycles. The standard InChI is InChI=1S/C39H77N2/c1-4-7-10-13-16-18-19-20-21-22-23-24-25-26-28-31-34-39-40(35-32-29-15-12-9-6-3)37-38-41(39)36-33-30-27-17-14-11-8-5-2/h37-38H,4-36H2,1-3H3/q+1. The van der Waals surface area contributed by atoms with Crippen LogP contribution < -0.4 is 4.57 Å². The first-order chi connectivity index (χ1) is 20.3. The lowest BCUT2D eigenvalue weighted by Crippen LogP contribution is -2.37. The van der Waals surface area contributed by atoms with Crippen molar-refractivity contribution in [2.45, 2.75) is 233 Å². The molecule has 0 aliphatic heterocycles. The lowest BCUT2D eigenvalue weighted by atomic mass is 10.0. The highest BCUT2D eigenvalue weighted by Crippen LogP contribution is 2.15. The van der Waals surface area contributed by atoms with E-state index in [0.717, 1.165) is 0 Å². The van der Waals surface area contributed by atoms with E-state index in [4.69, 9.17) is 0 Å². The average molecular weight is 574 g/mol. The molecule has 2 nitrogen and oxygen atoms in total. The lowest BCUT2D eigenvalue weighted by molar-refractivity contribution is -0.704. The highest BCUT2D eigenvalue weighted by molar-refractivity contribution is 4.84. The van der Waals surface area contributed by atoms with Gasteiger partial charge >= 0.3 is 0 Å². The number of hydrogen-bond acceptors (Lipinski definition) is 0. The molecule has 41 heavy (non-hydrogen) atoms. The van der Waals surface area contributed by atoms with Crippen molar-refractivity contribution in [3.63, 3.8) is 0 Å². The Morgan fingerprint density at radius 3 is 1.17 bits per heavy atom. The summed E-state index contributed by atoms with van der Waals surface area (Å²) in [5.74, 6) is 1.62. The highest BCUT2D eigenvalue weighted by Gasteiger charge is 2.16. The fraction of sp³-hybridized carbons (Fsp3) is 0.923. The van der Waals surface area contributed by atoms with Gasteiger partial charge in [0.2, 0.25) is 0 Å². The Kier molecular flexibility index (Phi) is 28.6. The molecule has 1 aromatic rings. The van der Waals surface area contributed by atoms with E-state index in [1.807, 2.05) is 0 Å². The molecule has 0 unspecified atom stereocenters. The van der Waals surface area contributed by atoms with Crippen molar-refractivity contribution >= 4 is 0 Å². The monoisotopic (exact) mass is 574 g/mol. The summed E-state index contributed by atoms with van der Waals surface area (Å²) in [5, 5.41) is 0. The van der Waals surface area contributed by atoms with E-state index in [2.05, 4.69) is 42.3 Å². The third kappa shape index (κ3) is 23.4. The van der Waals surface area contributed by atoms with Crippen LogP contribution in [0.1, 0.15) is 219 Å². The zero-order valence-corrected chi connectivity index (χ0v) is 28.9. The molecule has 0 saturated heterocycles. The van der Waals surface area contributed by atoms with Crippen LogP contribution in [0.4, 0.5) is 0 Å². The van der Waals surface area contributed by atoms with E-state index in [-0.39, 0.29) is 0 Å². The van der Waals surface area contributed by atoms with Crippen LogP contribution in [0.3, 0.4) is 0 Å². The first kappa shape index (κ1) is 38.2. The molecule has 0 aliphatic rings. The second-order valence-corrected chi connectivity index (χ2v) is 13.4. The van der Waals surface area contributed by atoms with Gasteiger partial charge in [-0.1, -0.05) is 181 Å². The van der Waals surface area contributed by atoms with Crippen LogP contribution in [0.15, 0.2) is 12.4 Å². The summed E-state index contributed by atoms with van der Waals surface area (Å²) in [4.78, 5) is 0. The quantitative estimate of drug-likeness (QED) is 0.0584. The van der Waals surface area contributed by atoms with Crippen LogP contribution in [0.25, 0.3) is 0 Å². The minimum atomic E-state index is 1.23. The van der Waals surface area contributed by atoms with E-state index in [1.165, 1.54) is 212 Å². The first-order valence-corrected chi connectivity index (χ1v) is 19.4. The Morgan fingerprint density at radius 2 is 0.756 bits per heavy atom. The molecule has 1 aromatic heterocycles. The van der Waals surface area contributed by atoms with Crippen LogP contribution in [-0.4, -0.2) is 4.57 Å². The summed E-state index contributed by atoms with van der Waals surface area (Å²) in [6.45, 7) is 9.39. The van der Waals surface area contributed by atoms with E-state index < -0.39 is 0 Å². The van der Waals surface area contributed by atoms with E-state index in [0.29, 0.717) is 0 Å². The van der Waals surface area contributed by atoms with Crippen molar-refractivity contribution in [3.8, 4) is 0 Å². The Hall–Kier alpha value is -0.790. The molecule has 0 saturated carbocycles. The molecule has 0 aliphatic carbocycles. The van der Waals surface area contributed by atoms with Gasteiger partial charge in [0, 0.05) is 6.42 Å². The summed E-state index contributed by atoms with van der Waals surface area (Å²) in [6.07, 6.45) is 48.9. The molecule has 0 N–H and O–H groups in total. The molecule has 0 aromatic carbocycles. The molecule has 0 atom stereocenters. The maximum atomic E-state index is 2.62. The fourth-order valence-electron chi connectivity index (χ4n) is 6.50. The summed E-state index contributed by atoms with van der Waals surface area (Å²) in [7, 11) is 0. The first-order valence-electron chi connectivity index (χ1n) is 19.4. The van der Waals surface area contributed by atoms with Crippen molar-refractivity contribution in [2.24, 2.45) is 0 Å². The third-order valence-corrected chi connectivity index (χ3v) is 9.35. The summed E-state index contributed by atoms with van der Waals surface area (Å²) in [6, 6.07) is 0. The van der Waals surface area contributed by atoms with E-state index in [1.54, 1.807) is 5.82 Å². The molecule has 0 fully saturated rings. The van der Waals surface area contributed by atoms with Crippen molar-refractivity contribution < 1.29 is 4.57 Å². The van der Waals surface area contributed by atoms with Gasteiger partial charge in [-0.3, -0.25) is 0 Å². The number of nitrogens with zero attached hydrogens (tertiary/aromatic N) is 2. The fourth-order valence-corrected chi connectivity index (χ4v) is 6.50. The van der Waals surface area contributed by atoms with Crippen LogP contribution in [-0.2, 0) is 19.5 Å². The molecule has 0 amide bonds. The summed E-state index contributed by atoms with van der Waals surface area (Å²) >= 11 is 0. The minimum Gasteiger partial charge on any atom is -0.234 e. The van der Waals surface area contributed by atoms with Gasteiger partial charge in [-0.2, -0.15) is 0 Å². The Bertz CT molecular complexity index is 634. The van der Waals surface area contributed by atoms with Gasteiger partial charge in [-0.15, -0.1) is 0 Å². The van der Waals surface area contributed by atoms with Gasteiger partial charge in [-0.25, -0.2) is 9.13 Å². The largest absolute Gasteiger partial charge is 0.256 e. The maximum absolute atomic E-state index is 2.62. The molecule has 0 bridgehead atoms. The second-order valence-electron chi connectivity index (χ2n) is 13.4. The van der Waals surface area contributed by atoms with Crippen molar-refractivity contribution in [3.05, 3.63) is 18.2 Å². The SMILES string of the molecule is CCCCCCCCCCCCCCCCCCc1n(CCCCCCCC)cc[n+]1CCCCCCCCCC. The van der Waals surface area contributed by atoms with Gasteiger partial charge in [0.15, 0.2) is 0 Å². The third-order valence-electron chi connectivity index (χ3n) is 9.35. The zero-order chi connectivity index (χ0) is 29.5. The smallest absolute Gasteiger partial charge is 0.234 e. The van der Waals surface area contributed by atoms with Crippen molar-refractivity contribution in [1.82, 2.24) is 4.57 Å². The van der Waals surface area contributed by atoms with Gasteiger partial charge < -0.3 is 0 Å². The average Bonchev–Trinajstić information content (AvgIpc) is 3.37. The number of imidazole rings is 1. The topological polar surface area (TPSA) is 8.81 Å². The number of aryl methyl sites for hydroxylation is 2. The molecule has 0 radical (unpaired) electrons. The van der Waals surface area contributed by atoms with Crippen molar-refractivity contribution in [1.29, 1.82) is 0 Å². The van der Waals surface area contributed by atoms with Gasteiger partial charge in [0.05, 0.1) is 13.1 Å². The highest BCUT2D eigenvalue weighted by atomic mass is 15.1. The van der Waals surface area contributed by atoms with Gasteiger partial charge in [0.25, 0.3) is 5.82 Å². The number of rotatable bonds is 33. The number of unbranched alkanes of at least 4 members (excludes halogenated alkanes) is 27. The molecular weight excluding hydrogens is 496 g/mol. The predicted octanol–water partition coefficient (Wildman–Crippen LogP) is 13.1. The maximum Gasteiger partial charge on any atom is 0.256 e. The summed E-state index contributed by atoms with van der Waals surface area (Å²) in [5.41, 5.74) is 0. The Morgan fingerprint density at radius 1 is 0.415 bits per heavy atom. The van der Waals surface area contributed by atoms with E-state index >= 15 is 0 Å². The molecule has 242 valence electrons. The Balaban J connectivity index is 2.21. The number of aromatic nitrogens is 2.